The lowest BCUT2D eigenvalue weighted by atomic mass is 10.4. The highest BCUT2D eigenvalue weighted by atomic mass is 79.9. The molecule has 0 saturated carbocycles. The minimum absolute atomic E-state index is 0.770. The molecule has 6 heteroatoms. The smallest absolute Gasteiger partial charge is 0.164 e. The van der Waals surface area contributed by atoms with Crippen molar-refractivity contribution in [3.63, 3.8) is 0 Å². The fourth-order valence-electron chi connectivity index (χ4n) is 1.34. The van der Waals surface area contributed by atoms with Crippen LogP contribution < -0.4 is 5.32 Å². The third-order valence-electron chi connectivity index (χ3n) is 1.92. The Morgan fingerprint density at radius 1 is 1.50 bits per heavy atom. The Hall–Kier alpha value is -1.17. The van der Waals surface area contributed by atoms with Crippen LogP contribution in [0.15, 0.2) is 10.9 Å². The van der Waals surface area contributed by atoms with E-state index in [4.69, 9.17) is 0 Å². The fourth-order valence-corrected chi connectivity index (χ4v) is 1.95. The monoisotopic (exact) mass is 255 g/mol. The van der Waals surface area contributed by atoms with Crippen molar-refractivity contribution >= 4 is 32.8 Å². The number of nitrogens with zero attached hydrogens (tertiary/aromatic N) is 4. The van der Waals surface area contributed by atoms with E-state index in [2.05, 4.69) is 36.3 Å². The number of halogens is 1. The topological polar surface area (TPSA) is 55.6 Å². The molecule has 0 radical (unpaired) electrons. The van der Waals surface area contributed by atoms with Gasteiger partial charge in [-0.25, -0.2) is 14.6 Å². The van der Waals surface area contributed by atoms with Gasteiger partial charge >= 0.3 is 0 Å². The molecule has 0 fully saturated rings. The summed E-state index contributed by atoms with van der Waals surface area (Å²) in [6.07, 6.45) is 1.54. The number of hydrogen-bond acceptors (Lipinski definition) is 4. The zero-order valence-electron chi connectivity index (χ0n) is 7.95. The van der Waals surface area contributed by atoms with E-state index in [-0.39, 0.29) is 0 Å². The summed E-state index contributed by atoms with van der Waals surface area (Å²) in [5, 5.41) is 8.32. The Balaban J connectivity index is 2.72. The molecule has 2 heterocycles. The van der Waals surface area contributed by atoms with Crippen molar-refractivity contribution in [1.29, 1.82) is 0 Å². The van der Waals surface area contributed by atoms with Crippen LogP contribution in [0.3, 0.4) is 0 Å². The molecule has 0 aliphatic rings. The number of nitrogens with one attached hydrogen (secondary N) is 1. The highest BCUT2D eigenvalue weighted by Crippen LogP contribution is 2.26. The molecule has 1 N–H and O–H groups in total. The lowest BCUT2D eigenvalue weighted by Gasteiger charge is -2.02. The second-order valence-corrected chi connectivity index (χ2v) is 3.62. The SMILES string of the molecule is CCNc1ncnc2c1c(Br)nn2C. The Kier molecular flexibility index (Phi) is 2.37. The van der Waals surface area contributed by atoms with Crippen molar-refractivity contribution in [2.24, 2.45) is 7.05 Å². The van der Waals surface area contributed by atoms with Gasteiger partial charge in [0.2, 0.25) is 0 Å². The maximum atomic E-state index is 4.22. The number of anilines is 1. The van der Waals surface area contributed by atoms with Gasteiger partial charge in [-0.05, 0) is 22.9 Å². The summed E-state index contributed by atoms with van der Waals surface area (Å²) in [5.41, 5.74) is 0.822. The van der Waals surface area contributed by atoms with Gasteiger partial charge in [-0.3, -0.25) is 0 Å². The number of fused-ring (bicyclic) bond motifs is 1. The van der Waals surface area contributed by atoms with Crippen molar-refractivity contribution in [3.8, 4) is 0 Å². The summed E-state index contributed by atoms with van der Waals surface area (Å²) in [6, 6.07) is 0. The minimum atomic E-state index is 0.770. The van der Waals surface area contributed by atoms with E-state index < -0.39 is 0 Å². The van der Waals surface area contributed by atoms with Crippen LogP contribution in [0.5, 0.6) is 0 Å². The molecule has 2 rings (SSSR count). The summed E-state index contributed by atoms with van der Waals surface area (Å²) in [4.78, 5) is 8.33. The van der Waals surface area contributed by atoms with E-state index >= 15 is 0 Å². The molecule has 0 atom stereocenters. The van der Waals surface area contributed by atoms with Gasteiger partial charge in [0.25, 0.3) is 0 Å². The first-order chi connectivity index (χ1) is 6.74. The first-order valence-electron chi connectivity index (χ1n) is 4.31. The molecule has 2 aromatic rings. The second kappa shape index (κ2) is 3.53. The first kappa shape index (κ1) is 9.39. The Labute approximate surface area is 89.7 Å². The van der Waals surface area contributed by atoms with E-state index in [1.54, 1.807) is 4.68 Å². The third-order valence-corrected chi connectivity index (χ3v) is 2.48. The van der Waals surface area contributed by atoms with Gasteiger partial charge in [0.15, 0.2) is 5.65 Å². The van der Waals surface area contributed by atoms with E-state index in [9.17, 15) is 0 Å². The molecule has 14 heavy (non-hydrogen) atoms. The van der Waals surface area contributed by atoms with E-state index in [1.807, 2.05) is 14.0 Å². The largest absolute Gasteiger partial charge is 0.370 e. The minimum Gasteiger partial charge on any atom is -0.370 e. The predicted molar refractivity (Wildman–Crippen MR) is 58.2 cm³/mol. The number of rotatable bonds is 2. The standard InChI is InChI=1S/C8H10BrN5/c1-3-10-7-5-6(9)13-14(2)8(5)12-4-11-7/h4H,3H2,1-2H3,(H,10,11,12). The van der Waals surface area contributed by atoms with Gasteiger partial charge in [0, 0.05) is 13.6 Å². The maximum Gasteiger partial charge on any atom is 0.164 e. The lowest BCUT2D eigenvalue weighted by Crippen LogP contribution is -2.00. The van der Waals surface area contributed by atoms with Crippen molar-refractivity contribution in [1.82, 2.24) is 19.7 Å². The van der Waals surface area contributed by atoms with Crippen LogP contribution in [-0.4, -0.2) is 26.3 Å². The van der Waals surface area contributed by atoms with E-state index in [0.29, 0.717) is 0 Å². The first-order valence-corrected chi connectivity index (χ1v) is 5.10. The van der Waals surface area contributed by atoms with Crippen LogP contribution in [0.25, 0.3) is 11.0 Å². The molecule has 0 saturated heterocycles. The van der Waals surface area contributed by atoms with Crippen LogP contribution in [0.4, 0.5) is 5.82 Å². The molecule has 5 nitrogen and oxygen atoms in total. The second-order valence-electron chi connectivity index (χ2n) is 2.87. The molecule has 0 spiro atoms. The van der Waals surface area contributed by atoms with Gasteiger partial charge in [-0.15, -0.1) is 0 Å². The average Bonchev–Trinajstić information content (AvgIpc) is 2.44. The summed E-state index contributed by atoms with van der Waals surface area (Å²) < 4.78 is 2.49. The molecule has 0 aromatic carbocycles. The molecular weight excluding hydrogens is 246 g/mol. The van der Waals surface area contributed by atoms with Gasteiger partial charge in [-0.1, -0.05) is 0 Å². The fraction of sp³-hybridized carbons (Fsp3) is 0.375. The number of hydrogen-bond donors (Lipinski definition) is 1. The predicted octanol–water partition coefficient (Wildman–Crippen LogP) is 1.56. The van der Waals surface area contributed by atoms with Crippen LogP contribution in [-0.2, 0) is 7.05 Å². The zero-order valence-corrected chi connectivity index (χ0v) is 9.54. The van der Waals surface area contributed by atoms with Gasteiger partial charge in [0.05, 0.1) is 5.39 Å². The molecular formula is C8H10BrN5. The van der Waals surface area contributed by atoms with Crippen LogP contribution >= 0.6 is 15.9 Å². The molecule has 0 unspecified atom stereocenters. The van der Waals surface area contributed by atoms with Crippen LogP contribution in [0.2, 0.25) is 0 Å². The van der Waals surface area contributed by atoms with Crippen molar-refractivity contribution in [3.05, 3.63) is 10.9 Å². The van der Waals surface area contributed by atoms with Gasteiger partial charge < -0.3 is 5.32 Å². The summed E-state index contributed by atoms with van der Waals surface area (Å²) in [7, 11) is 1.86. The molecule has 0 aliphatic heterocycles. The van der Waals surface area contributed by atoms with Crippen LogP contribution in [0.1, 0.15) is 6.92 Å². The van der Waals surface area contributed by atoms with E-state index in [1.165, 1.54) is 6.33 Å². The quantitative estimate of drug-likeness (QED) is 0.885. The summed E-state index contributed by atoms with van der Waals surface area (Å²) in [6.45, 7) is 2.85. The third kappa shape index (κ3) is 1.35. The summed E-state index contributed by atoms with van der Waals surface area (Å²) >= 11 is 3.39. The van der Waals surface area contributed by atoms with Crippen LogP contribution in [0, 0.1) is 0 Å². The van der Waals surface area contributed by atoms with Crippen molar-refractivity contribution in [2.75, 3.05) is 11.9 Å². The Bertz CT molecular complexity index is 464. The number of aryl methyl sites for hydroxylation is 1. The highest BCUT2D eigenvalue weighted by Gasteiger charge is 2.11. The van der Waals surface area contributed by atoms with Gasteiger partial charge in [0.1, 0.15) is 16.7 Å². The highest BCUT2D eigenvalue weighted by molar-refractivity contribution is 9.10. The van der Waals surface area contributed by atoms with Crippen molar-refractivity contribution < 1.29 is 0 Å². The van der Waals surface area contributed by atoms with E-state index in [0.717, 1.165) is 28.0 Å². The Morgan fingerprint density at radius 3 is 3.00 bits per heavy atom. The average molecular weight is 256 g/mol. The zero-order chi connectivity index (χ0) is 10.1. The van der Waals surface area contributed by atoms with Crippen molar-refractivity contribution in [2.45, 2.75) is 6.92 Å². The molecule has 0 amide bonds. The maximum absolute atomic E-state index is 4.22. The Morgan fingerprint density at radius 2 is 2.29 bits per heavy atom. The number of aromatic nitrogens is 4. The summed E-state index contributed by atoms with van der Waals surface area (Å²) in [5.74, 6) is 0.817. The normalized spacial score (nSPS) is 10.8. The lowest BCUT2D eigenvalue weighted by molar-refractivity contribution is 0.777. The molecule has 0 bridgehead atoms. The molecule has 0 aliphatic carbocycles. The van der Waals surface area contributed by atoms with Gasteiger partial charge in [-0.2, -0.15) is 5.10 Å². The molecule has 74 valence electrons. The molecule has 2 aromatic heterocycles.